The molecule has 1 amide bonds. The molecule has 0 radical (unpaired) electrons. The first kappa shape index (κ1) is 15.2. The zero-order valence-electron chi connectivity index (χ0n) is 12.5. The molecule has 21 heavy (non-hydrogen) atoms. The molecule has 110 valence electrons. The van der Waals surface area contributed by atoms with E-state index in [1.807, 2.05) is 37.3 Å². The lowest BCUT2D eigenvalue weighted by atomic mass is 10.1. The van der Waals surface area contributed by atoms with Gasteiger partial charge in [-0.05, 0) is 37.6 Å². The lowest BCUT2D eigenvalue weighted by Gasteiger charge is -2.23. The topological polar surface area (TPSA) is 20.3 Å². The first-order valence-corrected chi connectivity index (χ1v) is 7.26. The van der Waals surface area contributed by atoms with Crippen molar-refractivity contribution in [2.75, 3.05) is 11.4 Å². The Morgan fingerprint density at radius 3 is 2.52 bits per heavy atom. The van der Waals surface area contributed by atoms with Crippen molar-refractivity contribution in [1.82, 2.24) is 0 Å². The maximum Gasteiger partial charge on any atom is 0.261 e. The Bertz CT molecular complexity index is 610. The van der Waals surface area contributed by atoms with Gasteiger partial charge in [-0.15, -0.1) is 0 Å². The number of unbranched alkanes of at least 4 members (excludes halogenated alkanes) is 1. The Kier molecular flexibility index (Phi) is 5.09. The third-order valence-corrected chi connectivity index (χ3v) is 3.40. The van der Waals surface area contributed by atoms with Gasteiger partial charge in [-0.3, -0.25) is 4.79 Å². The molecule has 0 bridgehead atoms. The van der Waals surface area contributed by atoms with Gasteiger partial charge >= 0.3 is 0 Å². The minimum Gasteiger partial charge on any atom is -0.308 e. The average molecular weight is 285 g/mol. The molecule has 0 atom stereocenters. The van der Waals surface area contributed by atoms with E-state index in [9.17, 15) is 9.18 Å². The van der Waals surface area contributed by atoms with E-state index in [0.717, 1.165) is 24.1 Å². The number of anilines is 1. The number of rotatable bonds is 5. The fraction of sp³-hybridized carbons (Fsp3) is 0.278. The van der Waals surface area contributed by atoms with Crippen LogP contribution in [0.25, 0.3) is 0 Å². The number of nitrogens with zero attached hydrogens (tertiary/aromatic N) is 1. The van der Waals surface area contributed by atoms with Crippen molar-refractivity contribution in [1.29, 1.82) is 0 Å². The van der Waals surface area contributed by atoms with Crippen molar-refractivity contribution in [2.45, 2.75) is 26.7 Å². The van der Waals surface area contributed by atoms with Crippen LogP contribution in [0.4, 0.5) is 10.1 Å². The summed E-state index contributed by atoms with van der Waals surface area (Å²) in [6, 6.07) is 14.1. The van der Waals surface area contributed by atoms with Crippen molar-refractivity contribution in [2.24, 2.45) is 0 Å². The molecule has 2 aromatic rings. The van der Waals surface area contributed by atoms with Crippen molar-refractivity contribution in [3.8, 4) is 0 Å². The minimum absolute atomic E-state index is 0.134. The molecule has 2 nitrogen and oxygen atoms in total. The van der Waals surface area contributed by atoms with E-state index < -0.39 is 5.82 Å². The van der Waals surface area contributed by atoms with E-state index in [0.29, 0.717) is 6.54 Å². The third kappa shape index (κ3) is 3.69. The molecule has 0 aliphatic rings. The number of halogens is 1. The second-order valence-electron chi connectivity index (χ2n) is 5.13. The number of carbonyl (C=O) groups is 1. The second kappa shape index (κ2) is 7.02. The lowest BCUT2D eigenvalue weighted by Crippen LogP contribution is -2.32. The Morgan fingerprint density at radius 1 is 1.14 bits per heavy atom. The van der Waals surface area contributed by atoms with E-state index in [4.69, 9.17) is 0 Å². The zero-order valence-corrected chi connectivity index (χ0v) is 12.5. The molecular weight excluding hydrogens is 265 g/mol. The molecule has 0 N–H and O–H groups in total. The molecule has 0 aliphatic carbocycles. The predicted molar refractivity (Wildman–Crippen MR) is 84.2 cm³/mol. The summed E-state index contributed by atoms with van der Waals surface area (Å²) in [5.74, 6) is -0.751. The number of aryl methyl sites for hydroxylation is 1. The molecule has 0 saturated carbocycles. The molecule has 2 rings (SSSR count). The molecule has 0 aromatic heterocycles. The summed E-state index contributed by atoms with van der Waals surface area (Å²) in [6.45, 7) is 4.52. The quantitative estimate of drug-likeness (QED) is 0.787. The lowest BCUT2D eigenvalue weighted by molar-refractivity contribution is 0.0982. The Labute approximate surface area is 125 Å². The first-order valence-electron chi connectivity index (χ1n) is 7.26. The second-order valence-corrected chi connectivity index (χ2v) is 5.13. The molecule has 3 heteroatoms. The summed E-state index contributed by atoms with van der Waals surface area (Å²) >= 11 is 0. The highest BCUT2D eigenvalue weighted by molar-refractivity contribution is 6.06. The van der Waals surface area contributed by atoms with Gasteiger partial charge in [-0.1, -0.05) is 43.2 Å². The highest BCUT2D eigenvalue weighted by Gasteiger charge is 2.20. The first-order chi connectivity index (χ1) is 10.1. The van der Waals surface area contributed by atoms with Crippen LogP contribution in [0, 0.1) is 12.7 Å². The Morgan fingerprint density at radius 2 is 1.86 bits per heavy atom. The number of benzene rings is 2. The summed E-state index contributed by atoms with van der Waals surface area (Å²) in [4.78, 5) is 14.4. The van der Waals surface area contributed by atoms with Gasteiger partial charge in [0.05, 0.1) is 5.56 Å². The van der Waals surface area contributed by atoms with Crippen molar-refractivity contribution in [3.63, 3.8) is 0 Å². The van der Waals surface area contributed by atoms with Crippen LogP contribution in [0.5, 0.6) is 0 Å². The van der Waals surface area contributed by atoms with Crippen molar-refractivity contribution in [3.05, 3.63) is 65.5 Å². The number of para-hydroxylation sites is 1. The van der Waals surface area contributed by atoms with Crippen LogP contribution >= 0.6 is 0 Å². The van der Waals surface area contributed by atoms with Crippen molar-refractivity contribution >= 4 is 11.6 Å². The van der Waals surface area contributed by atoms with Crippen LogP contribution in [0.2, 0.25) is 0 Å². The number of hydrogen-bond donors (Lipinski definition) is 0. The predicted octanol–water partition coefficient (Wildman–Crippen LogP) is 4.58. The van der Waals surface area contributed by atoms with Gasteiger partial charge in [0, 0.05) is 12.2 Å². The average Bonchev–Trinajstić information content (AvgIpc) is 2.51. The van der Waals surface area contributed by atoms with E-state index in [2.05, 4.69) is 6.92 Å². The molecule has 0 unspecified atom stereocenters. The molecule has 2 aromatic carbocycles. The van der Waals surface area contributed by atoms with Gasteiger partial charge in [-0.25, -0.2) is 4.39 Å². The maximum absolute atomic E-state index is 14.0. The molecule has 0 aliphatic heterocycles. The SMILES string of the molecule is CCCCN(C(=O)c1cc(C)ccc1F)c1ccccc1. The van der Waals surface area contributed by atoms with E-state index in [-0.39, 0.29) is 11.5 Å². The van der Waals surface area contributed by atoms with Gasteiger partial charge in [0.2, 0.25) is 0 Å². The standard InChI is InChI=1S/C18H20FNO/c1-3-4-12-20(15-8-6-5-7-9-15)18(21)16-13-14(2)10-11-17(16)19/h5-11,13H,3-4,12H2,1-2H3. The van der Waals surface area contributed by atoms with Crippen LogP contribution < -0.4 is 4.90 Å². The minimum atomic E-state index is -0.469. The molecule has 0 saturated heterocycles. The van der Waals surface area contributed by atoms with Crippen LogP contribution in [-0.2, 0) is 0 Å². The van der Waals surface area contributed by atoms with Crippen LogP contribution in [0.3, 0.4) is 0 Å². The highest BCUT2D eigenvalue weighted by Crippen LogP contribution is 2.20. The van der Waals surface area contributed by atoms with Crippen LogP contribution in [-0.4, -0.2) is 12.5 Å². The summed E-state index contributed by atoms with van der Waals surface area (Å²) < 4.78 is 14.0. The van der Waals surface area contributed by atoms with Gasteiger partial charge in [0.25, 0.3) is 5.91 Å². The normalized spacial score (nSPS) is 10.4. The van der Waals surface area contributed by atoms with Gasteiger partial charge in [0.1, 0.15) is 5.82 Å². The fourth-order valence-electron chi connectivity index (χ4n) is 2.22. The van der Waals surface area contributed by atoms with Crippen LogP contribution in [0.1, 0.15) is 35.7 Å². The molecule has 0 heterocycles. The highest BCUT2D eigenvalue weighted by atomic mass is 19.1. The monoisotopic (exact) mass is 285 g/mol. The smallest absolute Gasteiger partial charge is 0.261 e. The number of amides is 1. The summed E-state index contributed by atoms with van der Waals surface area (Å²) in [5.41, 5.74) is 1.81. The zero-order chi connectivity index (χ0) is 15.2. The van der Waals surface area contributed by atoms with Gasteiger partial charge in [0.15, 0.2) is 0 Å². The molecular formula is C18H20FNO. The van der Waals surface area contributed by atoms with E-state index in [1.54, 1.807) is 17.0 Å². The van der Waals surface area contributed by atoms with Gasteiger partial charge < -0.3 is 4.90 Å². The summed E-state index contributed by atoms with van der Waals surface area (Å²) in [7, 11) is 0. The van der Waals surface area contributed by atoms with E-state index in [1.165, 1.54) is 6.07 Å². The Hall–Kier alpha value is -2.16. The summed E-state index contributed by atoms with van der Waals surface area (Å²) in [5, 5.41) is 0. The number of carbonyl (C=O) groups excluding carboxylic acids is 1. The van der Waals surface area contributed by atoms with E-state index >= 15 is 0 Å². The van der Waals surface area contributed by atoms with Crippen molar-refractivity contribution < 1.29 is 9.18 Å². The fourth-order valence-corrected chi connectivity index (χ4v) is 2.22. The largest absolute Gasteiger partial charge is 0.308 e. The molecule has 0 spiro atoms. The third-order valence-electron chi connectivity index (χ3n) is 3.40. The maximum atomic E-state index is 14.0. The Balaban J connectivity index is 2.36. The summed E-state index contributed by atoms with van der Waals surface area (Å²) in [6.07, 6.45) is 1.86. The molecule has 0 fully saturated rings. The van der Waals surface area contributed by atoms with Crippen LogP contribution in [0.15, 0.2) is 48.5 Å². The number of hydrogen-bond acceptors (Lipinski definition) is 1. The van der Waals surface area contributed by atoms with Gasteiger partial charge in [-0.2, -0.15) is 0 Å².